The van der Waals surface area contributed by atoms with Gasteiger partial charge in [-0.1, -0.05) is 6.07 Å². The van der Waals surface area contributed by atoms with E-state index in [2.05, 4.69) is 34.9 Å². The first-order chi connectivity index (χ1) is 12.6. The van der Waals surface area contributed by atoms with Crippen LogP contribution in [0.1, 0.15) is 37.7 Å². The second-order valence-electron chi connectivity index (χ2n) is 8.16. The molecule has 144 valence electrons. The molecule has 2 aliphatic rings. The molecule has 0 radical (unpaired) electrons. The zero-order chi connectivity index (χ0) is 18.5. The number of hydrogen-bond acceptors (Lipinski definition) is 4. The molecule has 0 aromatic carbocycles. The van der Waals surface area contributed by atoms with Crippen LogP contribution in [-0.4, -0.2) is 67.1 Å². The summed E-state index contributed by atoms with van der Waals surface area (Å²) in [6, 6.07) is 4.55. The molecule has 2 heterocycles. The summed E-state index contributed by atoms with van der Waals surface area (Å²) < 4.78 is 5.74. The Bertz CT molecular complexity index is 578. The summed E-state index contributed by atoms with van der Waals surface area (Å²) >= 11 is 0. The van der Waals surface area contributed by atoms with Crippen LogP contribution in [0.2, 0.25) is 0 Å². The summed E-state index contributed by atoms with van der Waals surface area (Å²) in [7, 11) is 6.09. The van der Waals surface area contributed by atoms with Gasteiger partial charge in [0.25, 0.3) is 0 Å². The zero-order valence-electron chi connectivity index (χ0n) is 16.4. The number of methoxy groups -OCH3 is 1. The summed E-state index contributed by atoms with van der Waals surface area (Å²) in [6.07, 6.45) is 9.91. The molecular formula is C21H33N3O2. The van der Waals surface area contributed by atoms with Crippen LogP contribution < -0.4 is 0 Å². The smallest absolute Gasteiger partial charge is 0.222 e. The number of ether oxygens (including phenoxy) is 1. The van der Waals surface area contributed by atoms with Crippen molar-refractivity contribution in [1.82, 2.24) is 14.8 Å². The van der Waals surface area contributed by atoms with Gasteiger partial charge in [0.05, 0.1) is 6.10 Å². The maximum Gasteiger partial charge on any atom is 0.222 e. The Morgan fingerprint density at radius 3 is 2.69 bits per heavy atom. The van der Waals surface area contributed by atoms with Crippen LogP contribution in [0.4, 0.5) is 0 Å². The number of nitrogens with zero attached hydrogens (tertiary/aromatic N) is 3. The van der Waals surface area contributed by atoms with Gasteiger partial charge in [0.2, 0.25) is 5.91 Å². The van der Waals surface area contributed by atoms with Gasteiger partial charge in [0, 0.05) is 45.1 Å². The summed E-state index contributed by atoms with van der Waals surface area (Å²) in [5, 5.41) is 0. The molecule has 1 saturated heterocycles. The van der Waals surface area contributed by atoms with Crippen LogP contribution in [0, 0.1) is 11.8 Å². The lowest BCUT2D eigenvalue weighted by Crippen LogP contribution is -2.47. The van der Waals surface area contributed by atoms with E-state index in [1.165, 1.54) is 5.56 Å². The van der Waals surface area contributed by atoms with E-state index in [1.54, 1.807) is 6.20 Å². The third-order valence-corrected chi connectivity index (χ3v) is 6.23. The van der Waals surface area contributed by atoms with Gasteiger partial charge in [0.15, 0.2) is 0 Å². The highest BCUT2D eigenvalue weighted by Crippen LogP contribution is 2.39. The topological polar surface area (TPSA) is 45.7 Å². The fourth-order valence-electron chi connectivity index (χ4n) is 4.70. The second kappa shape index (κ2) is 8.96. The second-order valence-corrected chi connectivity index (χ2v) is 8.16. The van der Waals surface area contributed by atoms with E-state index < -0.39 is 0 Å². The average molecular weight is 360 g/mol. The minimum absolute atomic E-state index is 0.292. The van der Waals surface area contributed by atoms with Gasteiger partial charge in [0.1, 0.15) is 0 Å². The highest BCUT2D eigenvalue weighted by atomic mass is 16.5. The third kappa shape index (κ3) is 4.63. The van der Waals surface area contributed by atoms with E-state index in [-0.39, 0.29) is 0 Å². The molecule has 0 spiro atoms. The maximum absolute atomic E-state index is 12.6. The van der Waals surface area contributed by atoms with Gasteiger partial charge in [-0.2, -0.15) is 0 Å². The zero-order valence-corrected chi connectivity index (χ0v) is 16.4. The minimum atomic E-state index is 0.292. The van der Waals surface area contributed by atoms with Crippen molar-refractivity contribution in [3.8, 4) is 0 Å². The maximum atomic E-state index is 12.6. The van der Waals surface area contributed by atoms with E-state index in [0.717, 1.165) is 45.2 Å². The number of aromatic nitrogens is 1. The van der Waals surface area contributed by atoms with E-state index in [9.17, 15) is 4.79 Å². The number of fused-ring (bicyclic) bond motifs is 1. The number of unbranched alkanes of at least 4 members (excludes halogenated alkanes) is 1. The standard InChI is InChI=1S/C21H33N3O2/c1-23(2)19-11-17-14-24(15-18(17)12-20(19)26-3)21(25)9-5-4-7-16-8-6-10-22-13-16/h6,8,10,13,17-20H,4-5,7,9,11-12,14-15H2,1-3H3/t17-,18+,19-,20-/m1/s1. The molecule has 1 aliphatic carbocycles. The Morgan fingerprint density at radius 1 is 1.27 bits per heavy atom. The monoisotopic (exact) mass is 359 g/mol. The molecule has 3 rings (SSSR count). The number of hydrogen-bond donors (Lipinski definition) is 0. The van der Waals surface area contributed by atoms with Crippen molar-refractivity contribution in [3.63, 3.8) is 0 Å². The van der Waals surface area contributed by atoms with Gasteiger partial charge in [-0.15, -0.1) is 0 Å². The molecule has 4 atom stereocenters. The number of carbonyl (C=O) groups is 1. The average Bonchev–Trinajstić information content (AvgIpc) is 3.08. The first-order valence-electron chi connectivity index (χ1n) is 9.94. The number of amides is 1. The SMILES string of the molecule is CO[C@@H]1C[C@H]2CN(C(=O)CCCCc3cccnc3)C[C@H]2C[C@H]1N(C)C. The summed E-state index contributed by atoms with van der Waals surface area (Å²) in [6.45, 7) is 1.86. The molecule has 0 unspecified atom stereocenters. The molecule has 5 nitrogen and oxygen atoms in total. The van der Waals surface area contributed by atoms with Crippen molar-refractivity contribution in [1.29, 1.82) is 0 Å². The number of rotatable bonds is 7. The Hall–Kier alpha value is -1.46. The van der Waals surface area contributed by atoms with Crippen molar-refractivity contribution in [3.05, 3.63) is 30.1 Å². The van der Waals surface area contributed by atoms with Gasteiger partial charge in [-0.05, 0) is 69.7 Å². The Morgan fingerprint density at radius 2 is 2.04 bits per heavy atom. The number of likely N-dealkylation sites (tertiary alicyclic amines) is 1. The fourth-order valence-corrected chi connectivity index (χ4v) is 4.70. The van der Waals surface area contributed by atoms with E-state index >= 15 is 0 Å². The van der Waals surface area contributed by atoms with E-state index in [0.29, 0.717) is 36.3 Å². The van der Waals surface area contributed by atoms with Gasteiger partial charge in [-0.3, -0.25) is 9.78 Å². The van der Waals surface area contributed by atoms with Crippen molar-refractivity contribution in [2.45, 2.75) is 50.7 Å². The molecule has 1 aliphatic heterocycles. The Kier molecular flexibility index (Phi) is 6.65. The highest BCUT2D eigenvalue weighted by molar-refractivity contribution is 5.76. The lowest BCUT2D eigenvalue weighted by molar-refractivity contribution is -0.130. The molecule has 2 fully saturated rings. The Balaban J connectivity index is 1.44. The molecule has 0 bridgehead atoms. The number of pyridine rings is 1. The van der Waals surface area contributed by atoms with Crippen LogP contribution in [0.5, 0.6) is 0 Å². The summed E-state index contributed by atoms with van der Waals surface area (Å²) in [4.78, 5) is 21.2. The van der Waals surface area contributed by atoms with Gasteiger partial charge in [-0.25, -0.2) is 0 Å². The molecule has 5 heteroatoms. The quantitative estimate of drug-likeness (QED) is 0.702. The summed E-state index contributed by atoms with van der Waals surface area (Å²) in [5.41, 5.74) is 1.26. The first kappa shape index (κ1) is 19.3. The fraction of sp³-hybridized carbons (Fsp3) is 0.714. The van der Waals surface area contributed by atoms with Crippen LogP contribution in [0.3, 0.4) is 0 Å². The minimum Gasteiger partial charge on any atom is -0.380 e. The van der Waals surface area contributed by atoms with Crippen LogP contribution >= 0.6 is 0 Å². The molecule has 0 N–H and O–H groups in total. The van der Waals surface area contributed by atoms with Crippen molar-refractivity contribution in [2.24, 2.45) is 11.8 Å². The van der Waals surface area contributed by atoms with Gasteiger partial charge < -0.3 is 14.5 Å². The summed E-state index contributed by atoms with van der Waals surface area (Å²) in [5.74, 6) is 1.57. The van der Waals surface area contributed by atoms with Crippen LogP contribution in [0.15, 0.2) is 24.5 Å². The number of aryl methyl sites for hydroxylation is 1. The predicted octanol–water partition coefficient (Wildman–Crippen LogP) is 2.61. The number of likely N-dealkylation sites (N-methyl/N-ethyl adjacent to an activating group) is 1. The van der Waals surface area contributed by atoms with Crippen molar-refractivity contribution < 1.29 is 9.53 Å². The van der Waals surface area contributed by atoms with Crippen LogP contribution in [-0.2, 0) is 16.0 Å². The third-order valence-electron chi connectivity index (χ3n) is 6.23. The molecule has 1 aromatic heterocycles. The lowest BCUT2D eigenvalue weighted by atomic mass is 9.77. The number of carbonyl (C=O) groups excluding carboxylic acids is 1. The highest BCUT2D eigenvalue weighted by Gasteiger charge is 2.43. The van der Waals surface area contributed by atoms with E-state index in [1.807, 2.05) is 19.4 Å². The molecule has 1 saturated carbocycles. The first-order valence-corrected chi connectivity index (χ1v) is 9.94. The molecule has 1 aromatic rings. The van der Waals surface area contributed by atoms with Crippen molar-refractivity contribution in [2.75, 3.05) is 34.3 Å². The molecule has 26 heavy (non-hydrogen) atoms. The van der Waals surface area contributed by atoms with Crippen molar-refractivity contribution >= 4 is 5.91 Å². The van der Waals surface area contributed by atoms with Gasteiger partial charge >= 0.3 is 0 Å². The normalized spacial score (nSPS) is 28.4. The Labute approximate surface area is 157 Å². The molecular weight excluding hydrogens is 326 g/mol. The van der Waals surface area contributed by atoms with E-state index in [4.69, 9.17) is 4.74 Å². The largest absolute Gasteiger partial charge is 0.380 e. The lowest BCUT2D eigenvalue weighted by Gasteiger charge is -2.40. The molecule has 1 amide bonds. The van der Waals surface area contributed by atoms with Crippen LogP contribution in [0.25, 0.3) is 0 Å². The predicted molar refractivity (Wildman–Crippen MR) is 103 cm³/mol.